The second-order valence-electron chi connectivity index (χ2n) is 2.78. The van der Waals surface area contributed by atoms with Crippen molar-refractivity contribution in [3.8, 4) is 11.3 Å². The van der Waals surface area contributed by atoms with Crippen LogP contribution in [0, 0.1) is 0 Å². The first-order chi connectivity index (χ1) is 6.25. The van der Waals surface area contributed by atoms with Crippen LogP contribution in [0.3, 0.4) is 0 Å². The molecule has 0 unspecified atom stereocenters. The SMILES string of the molecule is Cn1cc(-c2cncc(N)c2)nn1. The fourth-order valence-corrected chi connectivity index (χ4v) is 1.08. The Hall–Kier alpha value is -1.91. The predicted molar refractivity (Wildman–Crippen MR) is 48.6 cm³/mol. The van der Waals surface area contributed by atoms with E-state index in [1.165, 1.54) is 0 Å². The molecular weight excluding hydrogens is 166 g/mol. The molecule has 5 nitrogen and oxygen atoms in total. The second-order valence-corrected chi connectivity index (χ2v) is 2.78. The molecular formula is C8H9N5. The van der Waals surface area contributed by atoms with Gasteiger partial charge in [-0.3, -0.25) is 9.67 Å². The molecule has 2 rings (SSSR count). The lowest BCUT2D eigenvalue weighted by Gasteiger charge is -1.95. The van der Waals surface area contributed by atoms with Gasteiger partial charge in [0.05, 0.1) is 11.9 Å². The van der Waals surface area contributed by atoms with E-state index in [0.29, 0.717) is 5.69 Å². The van der Waals surface area contributed by atoms with Crippen molar-refractivity contribution in [3.63, 3.8) is 0 Å². The highest BCUT2D eigenvalue weighted by Gasteiger charge is 2.01. The zero-order chi connectivity index (χ0) is 9.26. The maximum atomic E-state index is 5.59. The first kappa shape index (κ1) is 7.72. The highest BCUT2D eigenvalue weighted by Crippen LogP contribution is 2.16. The summed E-state index contributed by atoms with van der Waals surface area (Å²) in [5, 5.41) is 7.77. The number of hydrogen-bond donors (Lipinski definition) is 1. The van der Waals surface area contributed by atoms with Crippen LogP contribution in [-0.4, -0.2) is 20.0 Å². The third kappa shape index (κ3) is 1.48. The molecule has 0 aliphatic carbocycles. The minimum Gasteiger partial charge on any atom is -0.397 e. The Kier molecular flexibility index (Phi) is 1.70. The number of nitrogen functional groups attached to an aromatic ring is 1. The van der Waals surface area contributed by atoms with Crippen LogP contribution in [0.15, 0.2) is 24.7 Å². The number of aryl methyl sites for hydroxylation is 1. The standard InChI is InChI=1S/C8H9N5/c1-13-5-8(11-12-13)6-2-7(9)4-10-3-6/h2-5H,9H2,1H3. The normalized spacial score (nSPS) is 10.2. The summed E-state index contributed by atoms with van der Waals surface area (Å²) < 4.78 is 1.64. The van der Waals surface area contributed by atoms with Crippen molar-refractivity contribution in [1.29, 1.82) is 0 Å². The summed E-state index contributed by atoms with van der Waals surface area (Å²) in [5.41, 5.74) is 7.88. The van der Waals surface area contributed by atoms with Crippen LogP contribution in [0.5, 0.6) is 0 Å². The molecule has 0 aliphatic heterocycles. The lowest BCUT2D eigenvalue weighted by Crippen LogP contribution is -1.87. The Morgan fingerprint density at radius 2 is 2.23 bits per heavy atom. The molecule has 0 saturated carbocycles. The zero-order valence-corrected chi connectivity index (χ0v) is 7.18. The number of rotatable bonds is 1. The van der Waals surface area contributed by atoms with E-state index >= 15 is 0 Å². The van der Waals surface area contributed by atoms with Crippen LogP contribution in [0.25, 0.3) is 11.3 Å². The number of hydrogen-bond acceptors (Lipinski definition) is 4. The van der Waals surface area contributed by atoms with Crippen molar-refractivity contribution in [3.05, 3.63) is 24.7 Å². The van der Waals surface area contributed by atoms with E-state index in [1.807, 2.05) is 19.3 Å². The summed E-state index contributed by atoms with van der Waals surface area (Å²) in [6, 6.07) is 1.82. The molecule has 0 saturated heterocycles. The van der Waals surface area contributed by atoms with Gasteiger partial charge in [-0.1, -0.05) is 5.21 Å². The zero-order valence-electron chi connectivity index (χ0n) is 7.18. The van der Waals surface area contributed by atoms with Gasteiger partial charge in [0.1, 0.15) is 5.69 Å². The maximum absolute atomic E-state index is 5.59. The molecule has 0 aliphatic rings. The smallest absolute Gasteiger partial charge is 0.114 e. The molecule has 0 atom stereocenters. The van der Waals surface area contributed by atoms with E-state index in [1.54, 1.807) is 17.1 Å². The van der Waals surface area contributed by atoms with E-state index in [4.69, 9.17) is 5.73 Å². The van der Waals surface area contributed by atoms with Crippen LogP contribution < -0.4 is 5.73 Å². The van der Waals surface area contributed by atoms with E-state index in [-0.39, 0.29) is 0 Å². The maximum Gasteiger partial charge on any atom is 0.114 e. The Morgan fingerprint density at radius 1 is 1.38 bits per heavy atom. The molecule has 0 aromatic carbocycles. The molecule has 66 valence electrons. The predicted octanol–water partition coefficient (Wildman–Crippen LogP) is 0.459. The van der Waals surface area contributed by atoms with Gasteiger partial charge in [0, 0.05) is 25.0 Å². The molecule has 5 heteroatoms. The molecule has 0 spiro atoms. The molecule has 13 heavy (non-hydrogen) atoms. The number of nitrogens with zero attached hydrogens (tertiary/aromatic N) is 4. The molecule has 0 radical (unpaired) electrons. The molecule has 2 N–H and O–H groups in total. The molecule has 2 aromatic heterocycles. The topological polar surface area (TPSA) is 69.6 Å². The molecule has 0 amide bonds. The minimum absolute atomic E-state index is 0.628. The Bertz CT molecular complexity index is 420. The van der Waals surface area contributed by atoms with E-state index in [2.05, 4.69) is 15.3 Å². The van der Waals surface area contributed by atoms with Crippen molar-refractivity contribution < 1.29 is 0 Å². The van der Waals surface area contributed by atoms with Crippen molar-refractivity contribution in [1.82, 2.24) is 20.0 Å². The van der Waals surface area contributed by atoms with Gasteiger partial charge in [-0.25, -0.2) is 0 Å². The lowest BCUT2D eigenvalue weighted by atomic mass is 10.2. The van der Waals surface area contributed by atoms with Crippen LogP contribution in [-0.2, 0) is 7.05 Å². The van der Waals surface area contributed by atoms with Crippen molar-refractivity contribution in [2.45, 2.75) is 0 Å². The second kappa shape index (κ2) is 2.85. The van der Waals surface area contributed by atoms with Gasteiger partial charge in [0.15, 0.2) is 0 Å². The first-order valence-electron chi connectivity index (χ1n) is 3.83. The minimum atomic E-state index is 0.628. The molecule has 0 fully saturated rings. The fourth-order valence-electron chi connectivity index (χ4n) is 1.08. The fraction of sp³-hybridized carbons (Fsp3) is 0.125. The van der Waals surface area contributed by atoms with Gasteiger partial charge >= 0.3 is 0 Å². The largest absolute Gasteiger partial charge is 0.397 e. The van der Waals surface area contributed by atoms with Gasteiger partial charge in [-0.2, -0.15) is 0 Å². The Morgan fingerprint density at radius 3 is 2.85 bits per heavy atom. The lowest BCUT2D eigenvalue weighted by molar-refractivity contribution is 0.715. The van der Waals surface area contributed by atoms with Crippen molar-refractivity contribution in [2.75, 3.05) is 5.73 Å². The third-order valence-electron chi connectivity index (χ3n) is 1.66. The summed E-state index contributed by atoms with van der Waals surface area (Å²) in [4.78, 5) is 3.97. The number of anilines is 1. The summed E-state index contributed by atoms with van der Waals surface area (Å²) in [5.74, 6) is 0. The van der Waals surface area contributed by atoms with Gasteiger partial charge in [-0.15, -0.1) is 5.10 Å². The monoisotopic (exact) mass is 175 g/mol. The van der Waals surface area contributed by atoms with Crippen molar-refractivity contribution >= 4 is 5.69 Å². The summed E-state index contributed by atoms with van der Waals surface area (Å²) in [6.07, 6.45) is 5.12. The summed E-state index contributed by atoms with van der Waals surface area (Å²) in [6.45, 7) is 0. The van der Waals surface area contributed by atoms with Crippen LogP contribution >= 0.6 is 0 Å². The van der Waals surface area contributed by atoms with Gasteiger partial charge < -0.3 is 5.73 Å². The van der Waals surface area contributed by atoms with E-state index in [0.717, 1.165) is 11.3 Å². The Labute approximate surface area is 75.2 Å². The van der Waals surface area contributed by atoms with E-state index < -0.39 is 0 Å². The quantitative estimate of drug-likeness (QED) is 0.683. The van der Waals surface area contributed by atoms with E-state index in [9.17, 15) is 0 Å². The van der Waals surface area contributed by atoms with Gasteiger partial charge in [-0.05, 0) is 6.07 Å². The van der Waals surface area contributed by atoms with Crippen molar-refractivity contribution in [2.24, 2.45) is 7.05 Å². The highest BCUT2D eigenvalue weighted by atomic mass is 15.4. The van der Waals surface area contributed by atoms with Gasteiger partial charge in [0.2, 0.25) is 0 Å². The first-order valence-corrected chi connectivity index (χ1v) is 3.83. The molecule has 0 bridgehead atoms. The molecule has 2 heterocycles. The highest BCUT2D eigenvalue weighted by molar-refractivity contribution is 5.60. The Balaban J connectivity index is 2.46. The van der Waals surface area contributed by atoms with Gasteiger partial charge in [0.25, 0.3) is 0 Å². The number of pyridine rings is 1. The summed E-state index contributed by atoms with van der Waals surface area (Å²) in [7, 11) is 1.82. The number of aromatic nitrogens is 4. The van der Waals surface area contributed by atoms with Crippen LogP contribution in [0.1, 0.15) is 0 Å². The average Bonchev–Trinajstić information content (AvgIpc) is 2.52. The third-order valence-corrected chi connectivity index (χ3v) is 1.66. The van der Waals surface area contributed by atoms with Crippen LogP contribution in [0.4, 0.5) is 5.69 Å². The molecule has 2 aromatic rings. The summed E-state index contributed by atoms with van der Waals surface area (Å²) >= 11 is 0. The number of nitrogens with two attached hydrogens (primary N) is 1. The van der Waals surface area contributed by atoms with Crippen LogP contribution in [0.2, 0.25) is 0 Å². The average molecular weight is 175 g/mol.